The molecule has 0 unspecified atom stereocenters. The summed E-state index contributed by atoms with van der Waals surface area (Å²) in [5.41, 5.74) is 2.33. The SMILES string of the molecule is CCn1cc(CN2CCCCCC2)c2cccc(O)c21. The summed E-state index contributed by atoms with van der Waals surface area (Å²) in [6, 6.07) is 5.86. The smallest absolute Gasteiger partial charge is 0.139 e. The molecule has 1 aromatic heterocycles. The molecule has 1 fully saturated rings. The van der Waals surface area contributed by atoms with Gasteiger partial charge in [-0.25, -0.2) is 0 Å². The monoisotopic (exact) mass is 272 g/mol. The Balaban J connectivity index is 1.93. The zero-order valence-corrected chi connectivity index (χ0v) is 12.3. The molecule has 0 atom stereocenters. The van der Waals surface area contributed by atoms with Gasteiger partial charge in [-0.1, -0.05) is 25.0 Å². The van der Waals surface area contributed by atoms with E-state index in [1.165, 1.54) is 49.7 Å². The molecule has 20 heavy (non-hydrogen) atoms. The molecular formula is C17H24N2O. The number of phenolic OH excluding ortho intramolecular Hbond substituents is 1. The van der Waals surface area contributed by atoms with E-state index in [9.17, 15) is 5.11 Å². The number of benzene rings is 1. The molecule has 3 rings (SSSR count). The molecule has 108 valence electrons. The first-order chi connectivity index (χ1) is 9.79. The minimum atomic E-state index is 0.395. The molecule has 1 aliphatic heterocycles. The van der Waals surface area contributed by atoms with Gasteiger partial charge in [0.05, 0.1) is 5.52 Å². The van der Waals surface area contributed by atoms with Crippen LogP contribution in [0.15, 0.2) is 24.4 Å². The second-order valence-electron chi connectivity index (χ2n) is 5.80. The average Bonchev–Trinajstić information content (AvgIpc) is 2.63. The molecule has 0 spiro atoms. The highest BCUT2D eigenvalue weighted by Crippen LogP contribution is 2.30. The number of likely N-dealkylation sites (tertiary alicyclic amines) is 1. The number of aromatic hydroxyl groups is 1. The number of aryl methyl sites for hydroxylation is 1. The van der Waals surface area contributed by atoms with E-state index in [0.29, 0.717) is 5.75 Å². The van der Waals surface area contributed by atoms with E-state index < -0.39 is 0 Å². The number of hydrogen-bond acceptors (Lipinski definition) is 2. The molecule has 0 aliphatic carbocycles. The largest absolute Gasteiger partial charge is 0.506 e. The average molecular weight is 272 g/mol. The van der Waals surface area contributed by atoms with E-state index in [1.54, 1.807) is 6.07 Å². The number of fused-ring (bicyclic) bond motifs is 1. The highest BCUT2D eigenvalue weighted by molar-refractivity contribution is 5.88. The maximum absolute atomic E-state index is 10.1. The van der Waals surface area contributed by atoms with Crippen LogP contribution in [-0.2, 0) is 13.1 Å². The summed E-state index contributed by atoms with van der Waals surface area (Å²) in [5, 5.41) is 11.3. The van der Waals surface area contributed by atoms with Crippen LogP contribution in [0.4, 0.5) is 0 Å². The van der Waals surface area contributed by atoms with Crippen LogP contribution < -0.4 is 0 Å². The minimum Gasteiger partial charge on any atom is -0.506 e. The van der Waals surface area contributed by atoms with Gasteiger partial charge in [0, 0.05) is 24.7 Å². The summed E-state index contributed by atoms with van der Waals surface area (Å²) in [5.74, 6) is 0.395. The Bertz CT molecular complexity index is 580. The molecule has 2 heterocycles. The minimum absolute atomic E-state index is 0.395. The lowest BCUT2D eigenvalue weighted by molar-refractivity contribution is 0.278. The first kappa shape index (κ1) is 13.5. The summed E-state index contributed by atoms with van der Waals surface area (Å²) >= 11 is 0. The number of rotatable bonds is 3. The highest BCUT2D eigenvalue weighted by atomic mass is 16.3. The Labute approximate surface area is 120 Å². The molecular weight excluding hydrogens is 248 g/mol. The Morgan fingerprint density at radius 3 is 2.55 bits per heavy atom. The van der Waals surface area contributed by atoms with Crippen LogP contribution in [0, 0.1) is 0 Å². The van der Waals surface area contributed by atoms with Crippen LogP contribution in [0.3, 0.4) is 0 Å². The first-order valence-electron chi connectivity index (χ1n) is 7.81. The number of nitrogens with zero attached hydrogens (tertiary/aromatic N) is 2. The van der Waals surface area contributed by atoms with Crippen molar-refractivity contribution in [1.82, 2.24) is 9.47 Å². The Morgan fingerprint density at radius 1 is 1.10 bits per heavy atom. The maximum atomic E-state index is 10.1. The van der Waals surface area contributed by atoms with Crippen LogP contribution in [0.5, 0.6) is 5.75 Å². The molecule has 1 aliphatic rings. The van der Waals surface area contributed by atoms with E-state index in [4.69, 9.17) is 0 Å². The van der Waals surface area contributed by atoms with Gasteiger partial charge in [0.1, 0.15) is 5.75 Å². The third kappa shape index (κ3) is 2.55. The third-order valence-electron chi connectivity index (χ3n) is 4.39. The number of hydrogen-bond donors (Lipinski definition) is 1. The topological polar surface area (TPSA) is 28.4 Å². The van der Waals surface area contributed by atoms with E-state index in [2.05, 4.69) is 28.7 Å². The fourth-order valence-electron chi connectivity index (χ4n) is 3.33. The normalized spacial score (nSPS) is 17.4. The van der Waals surface area contributed by atoms with E-state index in [0.717, 1.165) is 18.6 Å². The summed E-state index contributed by atoms with van der Waals surface area (Å²) in [6.07, 6.45) is 7.59. The second kappa shape index (κ2) is 5.88. The van der Waals surface area contributed by atoms with Crippen molar-refractivity contribution in [3.63, 3.8) is 0 Å². The van der Waals surface area contributed by atoms with Crippen molar-refractivity contribution < 1.29 is 5.11 Å². The van der Waals surface area contributed by atoms with Gasteiger partial charge in [-0.05, 0) is 44.5 Å². The first-order valence-corrected chi connectivity index (χ1v) is 7.81. The van der Waals surface area contributed by atoms with Crippen molar-refractivity contribution in [2.45, 2.75) is 45.7 Å². The van der Waals surface area contributed by atoms with Crippen molar-refractivity contribution >= 4 is 10.9 Å². The lowest BCUT2D eigenvalue weighted by atomic mass is 10.1. The molecule has 3 nitrogen and oxygen atoms in total. The Kier molecular flexibility index (Phi) is 3.97. The van der Waals surface area contributed by atoms with E-state index >= 15 is 0 Å². The number of para-hydroxylation sites is 1. The summed E-state index contributed by atoms with van der Waals surface area (Å²) < 4.78 is 2.16. The molecule has 0 radical (unpaired) electrons. The quantitative estimate of drug-likeness (QED) is 0.922. The molecule has 1 aromatic carbocycles. The molecule has 1 saturated heterocycles. The van der Waals surface area contributed by atoms with Gasteiger partial charge in [0.25, 0.3) is 0 Å². The van der Waals surface area contributed by atoms with Crippen LogP contribution in [-0.4, -0.2) is 27.7 Å². The fraction of sp³-hybridized carbons (Fsp3) is 0.529. The zero-order chi connectivity index (χ0) is 13.9. The van der Waals surface area contributed by atoms with Gasteiger partial charge in [0.15, 0.2) is 0 Å². The van der Waals surface area contributed by atoms with Crippen LogP contribution in [0.1, 0.15) is 38.2 Å². The predicted octanol–water partition coefficient (Wildman–Crippen LogP) is 3.74. The van der Waals surface area contributed by atoms with Gasteiger partial charge in [-0.3, -0.25) is 4.90 Å². The second-order valence-corrected chi connectivity index (χ2v) is 5.80. The van der Waals surface area contributed by atoms with E-state index in [1.807, 2.05) is 6.07 Å². The Hall–Kier alpha value is -1.48. The van der Waals surface area contributed by atoms with Crippen molar-refractivity contribution in [2.75, 3.05) is 13.1 Å². The van der Waals surface area contributed by atoms with Crippen LogP contribution >= 0.6 is 0 Å². The van der Waals surface area contributed by atoms with Crippen LogP contribution in [0.2, 0.25) is 0 Å². The molecule has 0 amide bonds. The Morgan fingerprint density at radius 2 is 1.85 bits per heavy atom. The molecule has 0 saturated carbocycles. The summed E-state index contributed by atoms with van der Waals surface area (Å²) in [7, 11) is 0. The standard InChI is InChI=1S/C17H24N2O/c1-2-19-13-14(12-18-10-5-3-4-6-11-18)15-8-7-9-16(20)17(15)19/h7-9,13,20H,2-6,10-12H2,1H3. The van der Waals surface area contributed by atoms with E-state index in [-0.39, 0.29) is 0 Å². The lowest BCUT2D eigenvalue weighted by Crippen LogP contribution is -2.23. The zero-order valence-electron chi connectivity index (χ0n) is 12.3. The van der Waals surface area contributed by atoms with Crippen molar-refractivity contribution in [1.29, 1.82) is 0 Å². The summed E-state index contributed by atoms with van der Waals surface area (Å²) in [4.78, 5) is 2.56. The number of phenols is 1. The molecule has 1 N–H and O–H groups in total. The van der Waals surface area contributed by atoms with Gasteiger partial charge >= 0.3 is 0 Å². The molecule has 0 bridgehead atoms. The van der Waals surface area contributed by atoms with Crippen molar-refractivity contribution in [3.8, 4) is 5.75 Å². The van der Waals surface area contributed by atoms with Gasteiger partial charge in [-0.2, -0.15) is 0 Å². The third-order valence-corrected chi connectivity index (χ3v) is 4.39. The van der Waals surface area contributed by atoms with Crippen molar-refractivity contribution in [3.05, 3.63) is 30.0 Å². The fourth-order valence-corrected chi connectivity index (χ4v) is 3.33. The molecule has 2 aromatic rings. The predicted molar refractivity (Wildman–Crippen MR) is 83.0 cm³/mol. The molecule has 3 heteroatoms. The van der Waals surface area contributed by atoms with Crippen LogP contribution in [0.25, 0.3) is 10.9 Å². The van der Waals surface area contributed by atoms with Gasteiger partial charge < -0.3 is 9.67 Å². The number of aromatic nitrogens is 1. The van der Waals surface area contributed by atoms with Gasteiger partial charge in [-0.15, -0.1) is 0 Å². The maximum Gasteiger partial charge on any atom is 0.139 e. The highest BCUT2D eigenvalue weighted by Gasteiger charge is 2.15. The van der Waals surface area contributed by atoms with Crippen molar-refractivity contribution in [2.24, 2.45) is 0 Å². The van der Waals surface area contributed by atoms with Gasteiger partial charge in [0.2, 0.25) is 0 Å². The summed E-state index contributed by atoms with van der Waals surface area (Å²) in [6.45, 7) is 6.44. The lowest BCUT2D eigenvalue weighted by Gasteiger charge is -2.19.